The van der Waals surface area contributed by atoms with Crippen LogP contribution in [0.3, 0.4) is 0 Å². The zero-order valence-corrected chi connectivity index (χ0v) is 12.8. The maximum atomic E-state index is 9.22. The third-order valence-electron chi connectivity index (χ3n) is 4.27. The number of nitrogens with one attached hydrogen (secondary N) is 1. The van der Waals surface area contributed by atoms with Gasteiger partial charge in [-0.15, -0.1) is 0 Å². The summed E-state index contributed by atoms with van der Waals surface area (Å²) in [5.41, 5.74) is 1.33. The van der Waals surface area contributed by atoms with Gasteiger partial charge in [0.15, 0.2) is 0 Å². The number of hydrogen-bond acceptors (Lipinski definition) is 3. The second-order valence-corrected chi connectivity index (χ2v) is 5.75. The number of halogens is 1. The zero-order valence-electron chi connectivity index (χ0n) is 12.1. The van der Waals surface area contributed by atoms with Crippen LogP contribution in [0.4, 0.5) is 5.69 Å². The molecule has 108 valence electrons. The SMILES string of the molecule is CCC1(CC)CC(Nc2cccc(Cl)c2C#N)CCO1. The summed E-state index contributed by atoms with van der Waals surface area (Å²) in [5.74, 6) is 0. The summed E-state index contributed by atoms with van der Waals surface area (Å²) in [6, 6.07) is 8.04. The fourth-order valence-electron chi connectivity index (χ4n) is 2.87. The van der Waals surface area contributed by atoms with Crippen molar-refractivity contribution in [1.29, 1.82) is 5.26 Å². The van der Waals surface area contributed by atoms with Crippen LogP contribution < -0.4 is 5.32 Å². The Bertz CT molecular complexity index is 506. The van der Waals surface area contributed by atoms with Gasteiger partial charge in [-0.1, -0.05) is 31.5 Å². The first kappa shape index (κ1) is 15.2. The Morgan fingerprint density at radius 3 is 2.85 bits per heavy atom. The van der Waals surface area contributed by atoms with E-state index in [0.29, 0.717) is 16.6 Å². The van der Waals surface area contributed by atoms with E-state index in [2.05, 4.69) is 25.2 Å². The minimum Gasteiger partial charge on any atom is -0.381 e. The summed E-state index contributed by atoms with van der Waals surface area (Å²) in [6.45, 7) is 5.11. The Labute approximate surface area is 125 Å². The van der Waals surface area contributed by atoms with Gasteiger partial charge in [-0.25, -0.2) is 0 Å². The summed E-state index contributed by atoms with van der Waals surface area (Å²) in [4.78, 5) is 0. The average molecular weight is 293 g/mol. The van der Waals surface area contributed by atoms with E-state index in [4.69, 9.17) is 16.3 Å². The molecule has 0 bridgehead atoms. The molecule has 1 heterocycles. The van der Waals surface area contributed by atoms with Gasteiger partial charge in [0.25, 0.3) is 0 Å². The molecule has 0 radical (unpaired) electrons. The summed E-state index contributed by atoms with van der Waals surface area (Å²) < 4.78 is 5.98. The monoisotopic (exact) mass is 292 g/mol. The Hall–Kier alpha value is -1.24. The van der Waals surface area contributed by atoms with E-state index < -0.39 is 0 Å². The molecule has 1 aliphatic heterocycles. The van der Waals surface area contributed by atoms with E-state index in [0.717, 1.165) is 38.0 Å². The van der Waals surface area contributed by atoms with Crippen LogP contribution in [-0.4, -0.2) is 18.2 Å². The lowest BCUT2D eigenvalue weighted by molar-refractivity contribution is -0.0864. The first-order valence-electron chi connectivity index (χ1n) is 7.23. The molecule has 1 saturated heterocycles. The molecule has 0 aromatic heterocycles. The minimum absolute atomic E-state index is 0.0265. The lowest BCUT2D eigenvalue weighted by Gasteiger charge is -2.40. The molecule has 1 N–H and O–H groups in total. The lowest BCUT2D eigenvalue weighted by atomic mass is 9.86. The van der Waals surface area contributed by atoms with Crippen molar-refractivity contribution in [3.63, 3.8) is 0 Å². The van der Waals surface area contributed by atoms with Crippen LogP contribution in [0, 0.1) is 11.3 Å². The van der Waals surface area contributed by atoms with E-state index in [1.54, 1.807) is 6.07 Å². The van der Waals surface area contributed by atoms with Crippen molar-refractivity contribution in [3.8, 4) is 6.07 Å². The molecule has 0 aliphatic carbocycles. The third-order valence-corrected chi connectivity index (χ3v) is 4.58. The number of nitrogens with zero attached hydrogens (tertiary/aromatic N) is 1. The Balaban J connectivity index is 2.15. The maximum Gasteiger partial charge on any atom is 0.103 e. The molecule has 0 spiro atoms. The van der Waals surface area contributed by atoms with E-state index in [-0.39, 0.29) is 5.60 Å². The highest BCUT2D eigenvalue weighted by Crippen LogP contribution is 2.33. The normalized spacial score (nSPS) is 21.2. The Morgan fingerprint density at radius 1 is 1.45 bits per heavy atom. The Morgan fingerprint density at radius 2 is 2.20 bits per heavy atom. The van der Waals surface area contributed by atoms with Crippen molar-refractivity contribution in [1.82, 2.24) is 0 Å². The summed E-state index contributed by atoms with van der Waals surface area (Å²) >= 11 is 6.07. The molecule has 0 saturated carbocycles. The van der Waals surface area contributed by atoms with Gasteiger partial charge in [-0.3, -0.25) is 0 Å². The third kappa shape index (κ3) is 3.08. The van der Waals surface area contributed by atoms with Crippen LogP contribution in [0.25, 0.3) is 0 Å². The van der Waals surface area contributed by atoms with Crippen molar-refractivity contribution < 1.29 is 4.74 Å². The molecule has 20 heavy (non-hydrogen) atoms. The highest BCUT2D eigenvalue weighted by molar-refractivity contribution is 6.32. The van der Waals surface area contributed by atoms with E-state index in [1.165, 1.54) is 0 Å². The smallest absolute Gasteiger partial charge is 0.103 e. The van der Waals surface area contributed by atoms with Crippen molar-refractivity contribution in [2.75, 3.05) is 11.9 Å². The molecule has 1 aromatic carbocycles. The molecular formula is C16H21ClN2O. The van der Waals surface area contributed by atoms with E-state index >= 15 is 0 Å². The predicted octanol–water partition coefficient (Wildman–Crippen LogP) is 4.36. The summed E-state index contributed by atoms with van der Waals surface area (Å²) in [5, 5.41) is 13.2. The van der Waals surface area contributed by atoms with Crippen molar-refractivity contribution in [2.45, 2.75) is 51.2 Å². The van der Waals surface area contributed by atoms with Gasteiger partial charge in [0.05, 0.1) is 21.9 Å². The second-order valence-electron chi connectivity index (χ2n) is 5.35. The number of nitriles is 1. The molecule has 1 aliphatic rings. The van der Waals surface area contributed by atoms with Gasteiger partial charge in [-0.2, -0.15) is 5.26 Å². The van der Waals surface area contributed by atoms with Gasteiger partial charge in [0.1, 0.15) is 6.07 Å². The van der Waals surface area contributed by atoms with Crippen LogP contribution in [0.5, 0.6) is 0 Å². The molecular weight excluding hydrogens is 272 g/mol. The van der Waals surface area contributed by atoms with Gasteiger partial charge < -0.3 is 10.1 Å². The summed E-state index contributed by atoms with van der Waals surface area (Å²) in [7, 11) is 0. The van der Waals surface area contributed by atoms with Crippen molar-refractivity contribution in [2.24, 2.45) is 0 Å². The molecule has 4 heteroatoms. The number of rotatable bonds is 4. The molecule has 1 atom stereocenters. The Kier molecular flexibility index (Phi) is 4.91. The van der Waals surface area contributed by atoms with Crippen LogP contribution >= 0.6 is 11.6 Å². The van der Waals surface area contributed by atoms with Gasteiger partial charge >= 0.3 is 0 Å². The standard InChI is InChI=1S/C16H21ClN2O/c1-3-16(4-2)10-12(8-9-20-16)19-15-7-5-6-14(17)13(15)11-18/h5-7,12,19H,3-4,8-10H2,1-2H3. The van der Waals surface area contributed by atoms with E-state index in [9.17, 15) is 5.26 Å². The summed E-state index contributed by atoms with van der Waals surface area (Å²) in [6.07, 6.45) is 3.96. The topological polar surface area (TPSA) is 45.0 Å². The van der Waals surface area contributed by atoms with Crippen molar-refractivity contribution in [3.05, 3.63) is 28.8 Å². The van der Waals surface area contributed by atoms with Gasteiger partial charge in [0.2, 0.25) is 0 Å². The number of ether oxygens (including phenoxy) is 1. The molecule has 1 unspecified atom stereocenters. The first-order valence-corrected chi connectivity index (χ1v) is 7.61. The molecule has 3 nitrogen and oxygen atoms in total. The number of hydrogen-bond donors (Lipinski definition) is 1. The molecule has 0 amide bonds. The highest BCUT2D eigenvalue weighted by atomic mass is 35.5. The van der Waals surface area contributed by atoms with Gasteiger partial charge in [0, 0.05) is 12.6 Å². The second kappa shape index (κ2) is 6.47. The molecule has 1 aromatic rings. The zero-order chi connectivity index (χ0) is 14.6. The highest BCUT2D eigenvalue weighted by Gasteiger charge is 2.34. The minimum atomic E-state index is -0.0265. The number of anilines is 1. The van der Waals surface area contributed by atoms with E-state index in [1.807, 2.05) is 12.1 Å². The maximum absolute atomic E-state index is 9.22. The number of benzene rings is 1. The molecule has 2 rings (SSSR count). The largest absolute Gasteiger partial charge is 0.381 e. The van der Waals surface area contributed by atoms with Crippen LogP contribution in [0.2, 0.25) is 5.02 Å². The predicted molar refractivity (Wildman–Crippen MR) is 82.1 cm³/mol. The fourth-order valence-corrected chi connectivity index (χ4v) is 3.09. The van der Waals surface area contributed by atoms with Crippen LogP contribution in [0.15, 0.2) is 18.2 Å². The van der Waals surface area contributed by atoms with Gasteiger partial charge in [-0.05, 0) is 37.8 Å². The van der Waals surface area contributed by atoms with Crippen molar-refractivity contribution >= 4 is 17.3 Å². The molecule has 1 fully saturated rings. The van der Waals surface area contributed by atoms with Crippen LogP contribution in [0.1, 0.15) is 45.1 Å². The quantitative estimate of drug-likeness (QED) is 0.896. The average Bonchev–Trinajstić information content (AvgIpc) is 2.48. The van der Waals surface area contributed by atoms with Crippen LogP contribution in [-0.2, 0) is 4.74 Å². The first-order chi connectivity index (χ1) is 9.64. The fraction of sp³-hybridized carbons (Fsp3) is 0.562. The lowest BCUT2D eigenvalue weighted by Crippen LogP contribution is -2.43.